The van der Waals surface area contributed by atoms with Crippen molar-refractivity contribution in [2.45, 2.75) is 26.7 Å². The molecule has 0 aliphatic carbocycles. The first-order chi connectivity index (χ1) is 7.40. The van der Waals surface area contributed by atoms with Gasteiger partial charge in [-0.15, -0.1) is 0 Å². The van der Waals surface area contributed by atoms with Gasteiger partial charge >= 0.3 is 7.75 Å². The minimum atomic E-state index is -2.99. The fourth-order valence-electron chi connectivity index (χ4n) is 1.35. The Kier molecular flexibility index (Phi) is 5.72. The molecule has 0 atom stereocenters. The van der Waals surface area contributed by atoms with E-state index in [-0.39, 0.29) is 5.41 Å². The lowest BCUT2D eigenvalue weighted by atomic mass is 9.97. The molecule has 1 fully saturated rings. The molecule has 6 heteroatoms. The first kappa shape index (κ1) is 14.9. The van der Waals surface area contributed by atoms with Gasteiger partial charge in [0.25, 0.3) is 0 Å². The van der Waals surface area contributed by atoms with Crippen molar-refractivity contribution < 1.29 is 13.6 Å². The molecule has 0 radical (unpaired) electrons. The largest absolute Gasteiger partial charge is 0.407 e. The summed E-state index contributed by atoms with van der Waals surface area (Å²) in [6.07, 6.45) is 2.16. The standard InChI is InChI=1S/C10H21INO3P/c1-10(2)8-14-16(13,15-9-10)12(3)7-5-4-6-11/h4-9H2,1-3H3. The lowest BCUT2D eigenvalue weighted by Crippen LogP contribution is -2.33. The average molecular weight is 361 g/mol. The van der Waals surface area contributed by atoms with Crippen LogP contribution in [0.25, 0.3) is 0 Å². The summed E-state index contributed by atoms with van der Waals surface area (Å²) >= 11 is 2.35. The number of rotatable bonds is 5. The molecule has 4 nitrogen and oxygen atoms in total. The topological polar surface area (TPSA) is 38.8 Å². The SMILES string of the molecule is CN(CCCCI)P1(=O)OCC(C)(C)CO1. The molecule has 16 heavy (non-hydrogen) atoms. The summed E-state index contributed by atoms with van der Waals surface area (Å²) in [6, 6.07) is 0. The summed E-state index contributed by atoms with van der Waals surface area (Å²) in [7, 11) is -1.18. The molecule has 0 unspecified atom stereocenters. The van der Waals surface area contributed by atoms with Gasteiger partial charge in [-0.2, -0.15) is 0 Å². The zero-order chi connectivity index (χ0) is 12.2. The van der Waals surface area contributed by atoms with Crippen LogP contribution in [0.4, 0.5) is 0 Å². The van der Waals surface area contributed by atoms with E-state index >= 15 is 0 Å². The molecule has 96 valence electrons. The Labute approximate surface area is 112 Å². The molecule has 1 aliphatic rings. The maximum atomic E-state index is 12.3. The number of alkyl halides is 1. The second-order valence-electron chi connectivity index (χ2n) is 4.96. The van der Waals surface area contributed by atoms with Crippen LogP contribution < -0.4 is 0 Å². The van der Waals surface area contributed by atoms with Gasteiger partial charge in [0.1, 0.15) is 0 Å². The van der Waals surface area contributed by atoms with Crippen molar-refractivity contribution in [3.8, 4) is 0 Å². The lowest BCUT2D eigenvalue weighted by molar-refractivity contribution is 0.0236. The molecule has 0 spiro atoms. The van der Waals surface area contributed by atoms with Crippen molar-refractivity contribution in [3.63, 3.8) is 0 Å². The first-order valence-electron chi connectivity index (χ1n) is 5.56. The number of hydrogen-bond acceptors (Lipinski definition) is 3. The predicted molar refractivity (Wildman–Crippen MR) is 74.0 cm³/mol. The van der Waals surface area contributed by atoms with Gasteiger partial charge in [0.05, 0.1) is 13.2 Å². The van der Waals surface area contributed by atoms with E-state index in [0.29, 0.717) is 13.2 Å². The monoisotopic (exact) mass is 361 g/mol. The second-order valence-corrected chi connectivity index (χ2v) is 8.17. The van der Waals surface area contributed by atoms with Gasteiger partial charge < -0.3 is 0 Å². The Morgan fingerprint density at radius 2 is 1.88 bits per heavy atom. The summed E-state index contributed by atoms with van der Waals surface area (Å²) in [4.78, 5) is 0. The zero-order valence-corrected chi connectivity index (χ0v) is 13.3. The van der Waals surface area contributed by atoms with Crippen molar-refractivity contribution in [1.29, 1.82) is 0 Å². The van der Waals surface area contributed by atoms with Crippen LogP contribution in [0.15, 0.2) is 0 Å². The van der Waals surface area contributed by atoms with E-state index in [1.165, 1.54) is 0 Å². The van der Waals surface area contributed by atoms with Gasteiger partial charge in [0.15, 0.2) is 0 Å². The van der Waals surface area contributed by atoms with Crippen LogP contribution >= 0.6 is 30.3 Å². The molecule has 0 saturated carbocycles. The molecule has 1 aliphatic heterocycles. The number of halogens is 1. The highest BCUT2D eigenvalue weighted by atomic mass is 127. The molecule has 1 heterocycles. The first-order valence-corrected chi connectivity index (χ1v) is 8.58. The van der Waals surface area contributed by atoms with Gasteiger partial charge in [0.2, 0.25) is 0 Å². The second kappa shape index (κ2) is 6.14. The van der Waals surface area contributed by atoms with E-state index in [4.69, 9.17) is 9.05 Å². The maximum absolute atomic E-state index is 12.3. The van der Waals surface area contributed by atoms with Crippen molar-refractivity contribution in [1.82, 2.24) is 4.67 Å². The van der Waals surface area contributed by atoms with E-state index in [0.717, 1.165) is 23.8 Å². The lowest BCUT2D eigenvalue weighted by Gasteiger charge is -2.37. The molecule has 0 aromatic heterocycles. The van der Waals surface area contributed by atoms with Crippen LogP contribution in [0.2, 0.25) is 0 Å². The van der Waals surface area contributed by atoms with Crippen LogP contribution in [-0.4, -0.2) is 35.9 Å². The average Bonchev–Trinajstić information content (AvgIpc) is 2.23. The van der Waals surface area contributed by atoms with E-state index < -0.39 is 7.75 Å². The van der Waals surface area contributed by atoms with Crippen LogP contribution in [0.3, 0.4) is 0 Å². The highest BCUT2D eigenvalue weighted by molar-refractivity contribution is 14.1. The fourth-order valence-corrected chi connectivity index (χ4v) is 3.77. The molecule has 0 aromatic carbocycles. The van der Waals surface area contributed by atoms with Crippen LogP contribution in [0.1, 0.15) is 26.7 Å². The highest BCUT2D eigenvalue weighted by Crippen LogP contribution is 2.55. The quantitative estimate of drug-likeness (QED) is 0.326. The van der Waals surface area contributed by atoms with E-state index in [2.05, 4.69) is 22.6 Å². The molecule has 0 amide bonds. The minimum absolute atomic E-state index is 0.0308. The van der Waals surface area contributed by atoms with Crippen LogP contribution in [0, 0.1) is 5.41 Å². The van der Waals surface area contributed by atoms with Crippen molar-refractivity contribution >= 4 is 30.3 Å². The summed E-state index contributed by atoms with van der Waals surface area (Å²) in [5.41, 5.74) is -0.0308. The molecule has 0 aromatic rings. The Hall–Kier alpha value is 0.840. The zero-order valence-electron chi connectivity index (χ0n) is 10.2. The Morgan fingerprint density at radius 3 is 2.38 bits per heavy atom. The molecular weight excluding hydrogens is 340 g/mol. The van der Waals surface area contributed by atoms with Gasteiger partial charge in [-0.25, -0.2) is 9.24 Å². The highest BCUT2D eigenvalue weighted by Gasteiger charge is 2.39. The third-order valence-corrected chi connectivity index (χ3v) is 5.23. The predicted octanol–water partition coefficient (Wildman–Crippen LogP) is 3.31. The fraction of sp³-hybridized carbons (Fsp3) is 1.00. The smallest absolute Gasteiger partial charge is 0.296 e. The van der Waals surface area contributed by atoms with Crippen molar-refractivity contribution in [2.24, 2.45) is 5.41 Å². The van der Waals surface area contributed by atoms with Gasteiger partial charge in [-0.3, -0.25) is 9.05 Å². The van der Waals surface area contributed by atoms with Crippen molar-refractivity contribution in [2.75, 3.05) is 31.2 Å². The van der Waals surface area contributed by atoms with E-state index in [9.17, 15) is 4.57 Å². The number of hydrogen-bond donors (Lipinski definition) is 0. The Bertz CT molecular complexity index is 259. The summed E-state index contributed by atoms with van der Waals surface area (Å²) in [5.74, 6) is 0. The summed E-state index contributed by atoms with van der Waals surface area (Å²) < 4.78 is 26.0. The Balaban J connectivity index is 2.43. The Morgan fingerprint density at radius 1 is 1.31 bits per heavy atom. The number of unbranched alkanes of at least 4 members (excludes halogenated alkanes) is 1. The normalized spacial score (nSPS) is 23.6. The molecule has 1 saturated heterocycles. The van der Waals surface area contributed by atoms with E-state index in [1.807, 2.05) is 20.9 Å². The number of nitrogens with zero attached hydrogens (tertiary/aromatic N) is 1. The molecule has 1 rings (SSSR count). The molecular formula is C10H21INO3P. The van der Waals surface area contributed by atoms with E-state index in [1.54, 1.807) is 4.67 Å². The molecule has 0 bridgehead atoms. The van der Waals surface area contributed by atoms with Gasteiger partial charge in [-0.1, -0.05) is 36.4 Å². The summed E-state index contributed by atoms with van der Waals surface area (Å²) in [6.45, 7) is 5.86. The maximum Gasteiger partial charge on any atom is 0.407 e. The van der Waals surface area contributed by atoms with Crippen molar-refractivity contribution in [3.05, 3.63) is 0 Å². The van der Waals surface area contributed by atoms with Gasteiger partial charge in [0, 0.05) is 12.0 Å². The third-order valence-electron chi connectivity index (χ3n) is 2.52. The summed E-state index contributed by atoms with van der Waals surface area (Å²) in [5, 5.41) is 0. The van der Waals surface area contributed by atoms with Gasteiger partial charge in [-0.05, 0) is 24.3 Å². The third kappa shape index (κ3) is 4.26. The van der Waals surface area contributed by atoms with Crippen LogP contribution in [-0.2, 0) is 13.6 Å². The van der Waals surface area contributed by atoms with Crippen LogP contribution in [0.5, 0.6) is 0 Å². The minimum Gasteiger partial charge on any atom is -0.296 e. The molecule has 0 N–H and O–H groups in total.